The van der Waals surface area contributed by atoms with Gasteiger partial charge in [0.2, 0.25) is 5.91 Å². The molecule has 1 aromatic heterocycles. The van der Waals surface area contributed by atoms with Gasteiger partial charge in [-0.25, -0.2) is 4.79 Å². The number of amides is 1. The van der Waals surface area contributed by atoms with Crippen molar-refractivity contribution in [3.63, 3.8) is 0 Å². The van der Waals surface area contributed by atoms with E-state index in [0.717, 1.165) is 25.7 Å². The van der Waals surface area contributed by atoms with E-state index in [2.05, 4.69) is 10.4 Å². The van der Waals surface area contributed by atoms with Crippen LogP contribution in [-0.4, -0.2) is 32.8 Å². The lowest BCUT2D eigenvalue weighted by atomic mass is 9.95. The van der Waals surface area contributed by atoms with Crippen molar-refractivity contribution in [1.82, 2.24) is 15.1 Å². The van der Waals surface area contributed by atoms with Crippen LogP contribution in [0.4, 0.5) is 0 Å². The van der Waals surface area contributed by atoms with Crippen molar-refractivity contribution in [1.29, 1.82) is 0 Å². The van der Waals surface area contributed by atoms with Crippen molar-refractivity contribution in [2.45, 2.75) is 65.0 Å². The Morgan fingerprint density at radius 1 is 1.29 bits per heavy atom. The van der Waals surface area contributed by atoms with Gasteiger partial charge in [0.15, 0.2) is 0 Å². The molecule has 0 radical (unpaired) electrons. The largest absolute Gasteiger partial charge is 0.478 e. The summed E-state index contributed by atoms with van der Waals surface area (Å²) in [5.41, 5.74) is 1.15. The van der Waals surface area contributed by atoms with Gasteiger partial charge in [-0.15, -0.1) is 0 Å². The molecular formula is C15H23N3O3. The van der Waals surface area contributed by atoms with Crippen LogP contribution in [0.2, 0.25) is 0 Å². The fourth-order valence-electron chi connectivity index (χ4n) is 3.03. The highest BCUT2D eigenvalue weighted by atomic mass is 16.4. The third-order valence-corrected chi connectivity index (χ3v) is 4.24. The lowest BCUT2D eigenvalue weighted by Gasteiger charge is -2.24. The van der Waals surface area contributed by atoms with Crippen LogP contribution in [-0.2, 0) is 4.79 Å². The van der Waals surface area contributed by atoms with Gasteiger partial charge in [0.1, 0.15) is 11.6 Å². The first-order valence-corrected chi connectivity index (χ1v) is 7.51. The zero-order valence-electron chi connectivity index (χ0n) is 12.8. The van der Waals surface area contributed by atoms with Crippen molar-refractivity contribution in [3.05, 3.63) is 17.0 Å². The van der Waals surface area contributed by atoms with Gasteiger partial charge in [-0.05, 0) is 33.6 Å². The van der Waals surface area contributed by atoms with Crippen molar-refractivity contribution in [3.8, 4) is 0 Å². The Labute approximate surface area is 124 Å². The predicted octanol–water partition coefficient (Wildman–Crippen LogP) is 2.21. The van der Waals surface area contributed by atoms with Crippen LogP contribution < -0.4 is 5.32 Å². The predicted molar refractivity (Wildman–Crippen MR) is 78.4 cm³/mol. The van der Waals surface area contributed by atoms with Crippen molar-refractivity contribution < 1.29 is 14.7 Å². The number of hydrogen-bond acceptors (Lipinski definition) is 3. The minimum absolute atomic E-state index is 0.0931. The summed E-state index contributed by atoms with van der Waals surface area (Å²) in [6.07, 6.45) is 5.60. The highest BCUT2D eigenvalue weighted by molar-refractivity contribution is 5.90. The Hall–Kier alpha value is -1.85. The summed E-state index contributed by atoms with van der Waals surface area (Å²) < 4.78 is 1.51. The van der Waals surface area contributed by atoms with E-state index in [1.165, 1.54) is 11.1 Å². The Morgan fingerprint density at radius 2 is 1.90 bits per heavy atom. The maximum Gasteiger partial charge on any atom is 0.339 e. The second-order valence-corrected chi connectivity index (χ2v) is 5.82. The number of carbonyl (C=O) groups excluding carboxylic acids is 1. The van der Waals surface area contributed by atoms with Gasteiger partial charge in [0.05, 0.1) is 11.4 Å². The molecule has 1 fully saturated rings. The van der Waals surface area contributed by atoms with E-state index in [9.17, 15) is 14.7 Å². The molecule has 1 amide bonds. The van der Waals surface area contributed by atoms with Crippen LogP contribution in [0.5, 0.6) is 0 Å². The fraction of sp³-hybridized carbons (Fsp3) is 0.667. The topological polar surface area (TPSA) is 84.2 Å². The number of aromatic nitrogens is 2. The number of aryl methyl sites for hydroxylation is 1. The van der Waals surface area contributed by atoms with Gasteiger partial charge in [-0.3, -0.25) is 9.48 Å². The average molecular weight is 293 g/mol. The summed E-state index contributed by atoms with van der Waals surface area (Å²) in [6.45, 7) is 5.09. The maximum absolute atomic E-state index is 12.3. The number of carboxylic acids is 1. The zero-order chi connectivity index (χ0) is 15.6. The van der Waals surface area contributed by atoms with Gasteiger partial charge in [-0.2, -0.15) is 5.10 Å². The normalized spacial score (nSPS) is 17.5. The van der Waals surface area contributed by atoms with Gasteiger partial charge in [-0.1, -0.05) is 19.3 Å². The molecule has 0 saturated heterocycles. The molecule has 21 heavy (non-hydrogen) atoms. The van der Waals surface area contributed by atoms with Crippen LogP contribution in [0.15, 0.2) is 0 Å². The van der Waals surface area contributed by atoms with E-state index >= 15 is 0 Å². The average Bonchev–Trinajstić information content (AvgIpc) is 2.74. The summed E-state index contributed by atoms with van der Waals surface area (Å²) in [6, 6.07) is -0.261. The van der Waals surface area contributed by atoms with Crippen molar-refractivity contribution in [2.75, 3.05) is 0 Å². The second kappa shape index (κ2) is 6.28. The Balaban J connectivity index is 2.12. The number of carboxylic acid groups (broad SMARTS) is 1. The minimum Gasteiger partial charge on any atom is -0.478 e. The standard InChI is InChI=1S/C15H23N3O3/c1-9-13(15(20)21)10(2)18(17-9)11(3)14(19)16-12-7-5-4-6-8-12/h11-12H,4-8H2,1-3H3,(H,16,19)(H,20,21). The van der Waals surface area contributed by atoms with E-state index in [1.54, 1.807) is 20.8 Å². The van der Waals surface area contributed by atoms with Crippen LogP contribution in [0.1, 0.15) is 66.8 Å². The Morgan fingerprint density at radius 3 is 2.43 bits per heavy atom. The fourth-order valence-corrected chi connectivity index (χ4v) is 3.03. The third kappa shape index (κ3) is 3.25. The number of nitrogens with zero attached hydrogens (tertiary/aromatic N) is 2. The molecular weight excluding hydrogens is 270 g/mol. The van der Waals surface area contributed by atoms with Crippen LogP contribution in [0, 0.1) is 13.8 Å². The summed E-state index contributed by atoms with van der Waals surface area (Å²) in [4.78, 5) is 23.5. The van der Waals surface area contributed by atoms with Crippen LogP contribution >= 0.6 is 0 Å². The Kier molecular flexibility index (Phi) is 4.65. The molecule has 0 aromatic carbocycles. The number of rotatable bonds is 4. The summed E-state index contributed by atoms with van der Waals surface area (Å²) in [7, 11) is 0. The number of carbonyl (C=O) groups is 2. The molecule has 6 heteroatoms. The monoisotopic (exact) mass is 293 g/mol. The lowest BCUT2D eigenvalue weighted by molar-refractivity contribution is -0.125. The van der Waals surface area contributed by atoms with Crippen LogP contribution in [0.25, 0.3) is 0 Å². The number of hydrogen-bond donors (Lipinski definition) is 2. The summed E-state index contributed by atoms with van der Waals surface area (Å²) in [5, 5.41) is 16.5. The molecule has 2 rings (SSSR count). The molecule has 0 bridgehead atoms. The van der Waals surface area contributed by atoms with Crippen molar-refractivity contribution >= 4 is 11.9 Å². The third-order valence-electron chi connectivity index (χ3n) is 4.24. The van der Waals surface area contributed by atoms with Crippen LogP contribution in [0.3, 0.4) is 0 Å². The molecule has 2 N–H and O–H groups in total. The van der Waals surface area contributed by atoms with E-state index in [-0.39, 0.29) is 17.5 Å². The van der Waals surface area contributed by atoms with Gasteiger partial charge < -0.3 is 10.4 Å². The van der Waals surface area contributed by atoms with Gasteiger partial charge in [0, 0.05) is 6.04 Å². The van der Waals surface area contributed by atoms with E-state index < -0.39 is 12.0 Å². The molecule has 0 aliphatic heterocycles. The molecule has 1 aromatic rings. The SMILES string of the molecule is Cc1nn(C(C)C(=O)NC2CCCCC2)c(C)c1C(=O)O. The summed E-state index contributed by atoms with van der Waals surface area (Å²) >= 11 is 0. The molecule has 1 heterocycles. The minimum atomic E-state index is -1.00. The van der Waals surface area contributed by atoms with Crippen molar-refractivity contribution in [2.24, 2.45) is 0 Å². The Bertz CT molecular complexity index is 545. The first-order valence-electron chi connectivity index (χ1n) is 7.51. The van der Waals surface area contributed by atoms with E-state index in [4.69, 9.17) is 0 Å². The molecule has 1 unspecified atom stereocenters. The van der Waals surface area contributed by atoms with Gasteiger partial charge in [0.25, 0.3) is 0 Å². The molecule has 1 aliphatic rings. The second-order valence-electron chi connectivity index (χ2n) is 5.82. The highest BCUT2D eigenvalue weighted by Gasteiger charge is 2.25. The molecule has 1 aliphatic carbocycles. The quantitative estimate of drug-likeness (QED) is 0.891. The van der Waals surface area contributed by atoms with Gasteiger partial charge >= 0.3 is 5.97 Å². The first kappa shape index (κ1) is 15.5. The molecule has 1 atom stereocenters. The number of aromatic carboxylic acids is 1. The molecule has 0 spiro atoms. The molecule has 6 nitrogen and oxygen atoms in total. The first-order chi connectivity index (χ1) is 9.91. The maximum atomic E-state index is 12.3. The highest BCUT2D eigenvalue weighted by Crippen LogP contribution is 2.20. The molecule has 116 valence electrons. The lowest BCUT2D eigenvalue weighted by Crippen LogP contribution is -2.40. The summed E-state index contributed by atoms with van der Waals surface area (Å²) in [5.74, 6) is -1.10. The van der Waals surface area contributed by atoms with E-state index in [0.29, 0.717) is 11.4 Å². The molecule has 1 saturated carbocycles. The smallest absolute Gasteiger partial charge is 0.339 e. The van der Waals surface area contributed by atoms with E-state index in [1.807, 2.05) is 0 Å². The zero-order valence-corrected chi connectivity index (χ0v) is 12.8. The number of nitrogens with one attached hydrogen (secondary N) is 1.